The molecule has 0 aliphatic carbocycles. The number of carbonyl (C=O) groups excluding carboxylic acids is 1. The summed E-state index contributed by atoms with van der Waals surface area (Å²) in [4.78, 5) is 19.4. The fraction of sp³-hybridized carbons (Fsp3) is 0.130. The zero-order valence-electron chi connectivity index (χ0n) is 16.1. The number of thiazole rings is 1. The van der Waals surface area contributed by atoms with Crippen molar-refractivity contribution >= 4 is 38.8 Å². The number of para-hydroxylation sites is 1. The van der Waals surface area contributed by atoms with Gasteiger partial charge in [0.2, 0.25) is 0 Å². The van der Waals surface area contributed by atoms with Crippen LogP contribution < -0.4 is 10.2 Å². The number of carbonyl (C=O) groups is 1. The van der Waals surface area contributed by atoms with E-state index in [9.17, 15) is 4.79 Å². The van der Waals surface area contributed by atoms with Crippen molar-refractivity contribution in [3.63, 3.8) is 0 Å². The summed E-state index contributed by atoms with van der Waals surface area (Å²) in [5.74, 6) is -0.118. The van der Waals surface area contributed by atoms with Crippen molar-refractivity contribution in [3.8, 4) is 10.6 Å². The summed E-state index contributed by atoms with van der Waals surface area (Å²) in [5, 5.41) is 3.97. The van der Waals surface area contributed by atoms with E-state index in [-0.39, 0.29) is 5.91 Å². The fourth-order valence-electron chi connectivity index (χ4n) is 3.11. The van der Waals surface area contributed by atoms with E-state index >= 15 is 0 Å². The molecule has 28 heavy (non-hydrogen) atoms. The first-order valence-corrected chi connectivity index (χ1v) is 9.88. The number of nitrogens with one attached hydrogen (secondary N) is 1. The maximum atomic E-state index is 12.7. The lowest BCUT2D eigenvalue weighted by molar-refractivity contribution is 0.102. The van der Waals surface area contributed by atoms with Crippen molar-refractivity contribution in [3.05, 3.63) is 77.9 Å². The van der Waals surface area contributed by atoms with Gasteiger partial charge in [-0.05, 0) is 61.0 Å². The predicted molar refractivity (Wildman–Crippen MR) is 119 cm³/mol. The number of rotatable bonds is 4. The largest absolute Gasteiger partial charge is 0.377 e. The third kappa shape index (κ3) is 3.62. The van der Waals surface area contributed by atoms with Crippen LogP contribution in [-0.4, -0.2) is 25.0 Å². The first kappa shape index (κ1) is 18.2. The first-order valence-electron chi connectivity index (χ1n) is 9.06. The third-order valence-electron chi connectivity index (χ3n) is 4.56. The van der Waals surface area contributed by atoms with Crippen molar-refractivity contribution in [1.82, 2.24) is 4.98 Å². The van der Waals surface area contributed by atoms with E-state index < -0.39 is 0 Å². The monoisotopic (exact) mass is 387 g/mol. The Balaban J connectivity index is 1.55. The Kier molecular flexibility index (Phi) is 4.84. The van der Waals surface area contributed by atoms with Crippen LogP contribution in [-0.2, 0) is 0 Å². The summed E-state index contributed by atoms with van der Waals surface area (Å²) >= 11 is 1.68. The average molecular weight is 388 g/mol. The number of anilines is 2. The smallest absolute Gasteiger partial charge is 0.257 e. The maximum Gasteiger partial charge on any atom is 0.257 e. The molecule has 4 rings (SSSR count). The van der Waals surface area contributed by atoms with E-state index in [4.69, 9.17) is 4.98 Å². The van der Waals surface area contributed by atoms with Gasteiger partial charge in [-0.2, -0.15) is 0 Å². The molecule has 1 aromatic heterocycles. The Hall–Kier alpha value is -3.18. The Bertz CT molecular complexity index is 1150. The molecular weight excluding hydrogens is 366 g/mol. The first-order chi connectivity index (χ1) is 13.5. The Morgan fingerprint density at radius 1 is 1.00 bits per heavy atom. The highest BCUT2D eigenvalue weighted by atomic mass is 32.1. The number of amides is 1. The summed E-state index contributed by atoms with van der Waals surface area (Å²) in [6, 6.07) is 21.7. The Labute approximate surface area is 168 Å². The number of hydrogen-bond donors (Lipinski definition) is 1. The SMILES string of the molecule is Cc1ccc2nc(-c3ccc(NC(=O)c4ccccc4N(C)C)cc3)sc2c1. The molecule has 1 heterocycles. The molecule has 140 valence electrons. The molecule has 5 heteroatoms. The van der Waals surface area contributed by atoms with Crippen molar-refractivity contribution in [2.24, 2.45) is 0 Å². The normalized spacial score (nSPS) is 10.8. The van der Waals surface area contributed by atoms with Crippen molar-refractivity contribution in [2.75, 3.05) is 24.3 Å². The molecule has 1 amide bonds. The molecule has 0 aliphatic heterocycles. The second-order valence-corrected chi connectivity index (χ2v) is 7.96. The van der Waals surface area contributed by atoms with E-state index in [0.717, 1.165) is 27.5 Å². The van der Waals surface area contributed by atoms with Crippen LogP contribution >= 0.6 is 11.3 Å². The molecule has 0 saturated heterocycles. The lowest BCUT2D eigenvalue weighted by Crippen LogP contribution is -2.18. The van der Waals surface area contributed by atoms with Gasteiger partial charge in [0.15, 0.2) is 0 Å². The third-order valence-corrected chi connectivity index (χ3v) is 5.63. The predicted octanol–water partition coefficient (Wildman–Crippen LogP) is 5.59. The summed E-state index contributed by atoms with van der Waals surface area (Å²) in [6.45, 7) is 2.09. The fourth-order valence-corrected chi connectivity index (χ4v) is 4.17. The van der Waals surface area contributed by atoms with Crippen molar-refractivity contribution in [2.45, 2.75) is 6.92 Å². The summed E-state index contributed by atoms with van der Waals surface area (Å²) in [7, 11) is 3.86. The summed E-state index contributed by atoms with van der Waals surface area (Å²) in [6.07, 6.45) is 0. The van der Waals surface area contributed by atoms with Crippen molar-refractivity contribution < 1.29 is 4.79 Å². The number of aromatic nitrogens is 1. The molecule has 0 spiro atoms. The average Bonchev–Trinajstić information content (AvgIpc) is 3.11. The highest BCUT2D eigenvalue weighted by Gasteiger charge is 2.13. The minimum absolute atomic E-state index is 0.118. The Morgan fingerprint density at radius 2 is 1.75 bits per heavy atom. The van der Waals surface area contributed by atoms with Gasteiger partial charge in [0, 0.05) is 31.0 Å². The van der Waals surface area contributed by atoms with Gasteiger partial charge in [-0.1, -0.05) is 18.2 Å². The zero-order chi connectivity index (χ0) is 19.7. The van der Waals surface area contributed by atoms with Gasteiger partial charge >= 0.3 is 0 Å². The molecule has 0 bridgehead atoms. The lowest BCUT2D eigenvalue weighted by Gasteiger charge is -2.17. The van der Waals surface area contributed by atoms with E-state index in [1.807, 2.05) is 67.5 Å². The molecule has 3 aromatic carbocycles. The summed E-state index contributed by atoms with van der Waals surface area (Å²) in [5.41, 5.74) is 5.60. The van der Waals surface area contributed by atoms with Gasteiger partial charge in [-0.25, -0.2) is 4.98 Å². The summed E-state index contributed by atoms with van der Waals surface area (Å²) < 4.78 is 1.19. The number of benzene rings is 3. The molecule has 0 aliphatic rings. The van der Waals surface area contributed by atoms with E-state index in [2.05, 4.69) is 30.4 Å². The van der Waals surface area contributed by atoms with E-state index in [1.54, 1.807) is 11.3 Å². The van der Waals surface area contributed by atoms with Crippen LogP contribution in [0.25, 0.3) is 20.8 Å². The molecule has 1 N–H and O–H groups in total. The molecule has 0 unspecified atom stereocenters. The van der Waals surface area contributed by atoms with E-state index in [1.165, 1.54) is 10.3 Å². The van der Waals surface area contributed by atoms with Crippen LogP contribution in [0.3, 0.4) is 0 Å². The number of aryl methyl sites for hydroxylation is 1. The second kappa shape index (κ2) is 7.44. The number of nitrogens with zero attached hydrogens (tertiary/aromatic N) is 2. The van der Waals surface area contributed by atoms with Gasteiger partial charge in [0.1, 0.15) is 5.01 Å². The van der Waals surface area contributed by atoms with Crippen LogP contribution in [0.2, 0.25) is 0 Å². The zero-order valence-corrected chi connectivity index (χ0v) is 16.9. The standard InChI is InChI=1S/C23H21N3OS/c1-15-8-13-19-21(14-15)28-23(25-19)16-9-11-17(12-10-16)24-22(27)18-6-4-5-7-20(18)26(2)3/h4-14H,1-3H3,(H,24,27). The lowest BCUT2D eigenvalue weighted by atomic mass is 10.1. The van der Waals surface area contributed by atoms with Crippen LogP contribution in [0.5, 0.6) is 0 Å². The Morgan fingerprint density at radius 3 is 2.50 bits per heavy atom. The van der Waals surface area contributed by atoms with Gasteiger partial charge in [-0.3, -0.25) is 4.79 Å². The topological polar surface area (TPSA) is 45.2 Å². The molecule has 0 saturated carbocycles. The van der Waals surface area contributed by atoms with Crippen LogP contribution in [0.15, 0.2) is 66.7 Å². The number of hydrogen-bond acceptors (Lipinski definition) is 4. The second-order valence-electron chi connectivity index (χ2n) is 6.93. The van der Waals surface area contributed by atoms with Gasteiger partial charge in [0.25, 0.3) is 5.91 Å². The van der Waals surface area contributed by atoms with Crippen LogP contribution in [0.1, 0.15) is 15.9 Å². The maximum absolute atomic E-state index is 12.7. The van der Waals surface area contributed by atoms with Gasteiger partial charge < -0.3 is 10.2 Å². The molecule has 0 radical (unpaired) electrons. The molecular formula is C23H21N3OS. The van der Waals surface area contributed by atoms with Crippen LogP contribution in [0, 0.1) is 6.92 Å². The molecule has 0 fully saturated rings. The van der Waals surface area contributed by atoms with E-state index in [0.29, 0.717) is 5.56 Å². The molecule has 4 nitrogen and oxygen atoms in total. The van der Waals surface area contributed by atoms with Crippen molar-refractivity contribution in [1.29, 1.82) is 0 Å². The number of fused-ring (bicyclic) bond motifs is 1. The molecule has 0 atom stereocenters. The minimum atomic E-state index is -0.118. The van der Waals surface area contributed by atoms with Gasteiger partial charge in [-0.15, -0.1) is 11.3 Å². The minimum Gasteiger partial charge on any atom is -0.377 e. The highest BCUT2D eigenvalue weighted by Crippen LogP contribution is 2.31. The van der Waals surface area contributed by atoms with Crippen LogP contribution in [0.4, 0.5) is 11.4 Å². The highest BCUT2D eigenvalue weighted by molar-refractivity contribution is 7.21. The quantitative estimate of drug-likeness (QED) is 0.496. The van der Waals surface area contributed by atoms with Gasteiger partial charge in [0.05, 0.1) is 15.8 Å². The molecule has 4 aromatic rings.